The molecule has 0 radical (unpaired) electrons. The summed E-state index contributed by atoms with van der Waals surface area (Å²) >= 11 is 0. The Morgan fingerprint density at radius 1 is 0.970 bits per heavy atom. The molecule has 0 saturated carbocycles. The minimum absolute atomic E-state index is 0.223. The first-order valence-corrected chi connectivity index (χ1v) is 11.1. The van der Waals surface area contributed by atoms with Gasteiger partial charge < -0.3 is 5.32 Å². The number of rotatable bonds is 8. The van der Waals surface area contributed by atoms with Gasteiger partial charge in [-0.15, -0.1) is 0 Å². The first kappa shape index (κ1) is 24.5. The van der Waals surface area contributed by atoms with Crippen LogP contribution in [0.1, 0.15) is 54.6 Å². The predicted molar refractivity (Wildman–Crippen MR) is 124 cm³/mol. The van der Waals surface area contributed by atoms with E-state index in [2.05, 4.69) is 10.3 Å². The summed E-state index contributed by atoms with van der Waals surface area (Å²) in [7, 11) is 0. The van der Waals surface area contributed by atoms with Gasteiger partial charge in [-0.05, 0) is 54.2 Å². The van der Waals surface area contributed by atoms with E-state index in [1.165, 1.54) is 6.07 Å². The second kappa shape index (κ2) is 10.2. The van der Waals surface area contributed by atoms with Gasteiger partial charge in [-0.25, -0.2) is 0 Å². The first-order chi connectivity index (χ1) is 15.6. The summed E-state index contributed by atoms with van der Waals surface area (Å²) in [6.45, 7) is 5.94. The molecule has 3 rings (SSSR count). The minimum atomic E-state index is -4.50. The number of alkyl halides is 3. The monoisotopic (exact) mass is 454 g/mol. The number of benzene rings is 2. The molecule has 2 aromatic carbocycles. The van der Waals surface area contributed by atoms with Gasteiger partial charge in [0.2, 0.25) is 5.91 Å². The average Bonchev–Trinajstić information content (AvgIpc) is 2.78. The Balaban J connectivity index is 2.20. The molecule has 3 nitrogen and oxygen atoms in total. The molecule has 0 aliphatic heterocycles. The molecule has 174 valence electrons. The topological polar surface area (TPSA) is 42.0 Å². The Kier molecular flexibility index (Phi) is 7.57. The largest absolute Gasteiger partial charge is 0.416 e. The average molecular weight is 455 g/mol. The number of halogens is 3. The lowest BCUT2D eigenvalue weighted by Crippen LogP contribution is -2.49. The number of nitrogens with one attached hydrogen (secondary N) is 1. The fraction of sp³-hybridized carbons (Fsp3) is 0.333. The maximum atomic E-state index is 13.6. The van der Waals surface area contributed by atoms with Crippen molar-refractivity contribution in [3.8, 4) is 0 Å². The van der Waals surface area contributed by atoms with Gasteiger partial charge in [0, 0.05) is 19.0 Å². The van der Waals surface area contributed by atoms with Crippen LogP contribution in [-0.2, 0) is 22.9 Å². The third-order valence-corrected chi connectivity index (χ3v) is 5.64. The third-order valence-electron chi connectivity index (χ3n) is 5.64. The highest BCUT2D eigenvalue weighted by Gasteiger charge is 2.40. The predicted octanol–water partition coefficient (Wildman–Crippen LogP) is 6.45. The highest BCUT2D eigenvalue weighted by molar-refractivity contribution is 5.78. The SMILES string of the molecule is Cc1ccc(C(Cc2ccccc2)(NC(=O)CCC(C)C)c2cccc(C(F)(F)F)c2)nc1. The van der Waals surface area contributed by atoms with E-state index in [0.717, 1.165) is 23.3 Å². The Morgan fingerprint density at radius 2 is 1.67 bits per heavy atom. The van der Waals surface area contributed by atoms with Crippen LogP contribution in [0.5, 0.6) is 0 Å². The molecule has 6 heteroatoms. The van der Waals surface area contributed by atoms with Crippen LogP contribution in [-0.4, -0.2) is 10.9 Å². The van der Waals surface area contributed by atoms with E-state index >= 15 is 0 Å². The van der Waals surface area contributed by atoms with Crippen molar-refractivity contribution in [2.75, 3.05) is 0 Å². The second-order valence-electron chi connectivity index (χ2n) is 8.85. The molecule has 1 aromatic heterocycles. The number of hydrogen-bond donors (Lipinski definition) is 1. The van der Waals surface area contributed by atoms with Gasteiger partial charge in [-0.1, -0.05) is 62.4 Å². The molecule has 1 unspecified atom stereocenters. The number of hydrogen-bond acceptors (Lipinski definition) is 2. The maximum absolute atomic E-state index is 13.6. The van der Waals surface area contributed by atoms with Gasteiger partial charge in [0.25, 0.3) is 0 Å². The summed E-state index contributed by atoms with van der Waals surface area (Å²) < 4.78 is 40.8. The number of amides is 1. The van der Waals surface area contributed by atoms with Crippen molar-refractivity contribution in [1.29, 1.82) is 0 Å². The van der Waals surface area contributed by atoms with Crippen molar-refractivity contribution in [3.05, 3.63) is 101 Å². The molecule has 33 heavy (non-hydrogen) atoms. The quantitative estimate of drug-likeness (QED) is 0.425. The molecule has 3 aromatic rings. The molecule has 0 spiro atoms. The summed E-state index contributed by atoms with van der Waals surface area (Å²) in [5.74, 6) is 0.102. The summed E-state index contributed by atoms with van der Waals surface area (Å²) in [4.78, 5) is 17.7. The van der Waals surface area contributed by atoms with Crippen LogP contribution in [0.15, 0.2) is 72.9 Å². The molecule has 0 aliphatic carbocycles. The van der Waals surface area contributed by atoms with Crippen molar-refractivity contribution in [3.63, 3.8) is 0 Å². The summed E-state index contributed by atoms with van der Waals surface area (Å²) in [6, 6.07) is 18.2. The lowest BCUT2D eigenvalue weighted by molar-refractivity contribution is -0.137. The van der Waals surface area contributed by atoms with Crippen molar-refractivity contribution >= 4 is 5.91 Å². The molecule has 0 saturated heterocycles. The molecule has 0 fully saturated rings. The Bertz CT molecular complexity index is 1060. The molecule has 1 heterocycles. The van der Waals surface area contributed by atoms with Crippen molar-refractivity contribution in [2.24, 2.45) is 5.92 Å². The highest BCUT2D eigenvalue weighted by atomic mass is 19.4. The van der Waals surface area contributed by atoms with Crippen LogP contribution in [0, 0.1) is 12.8 Å². The number of carbonyl (C=O) groups is 1. The van der Waals surface area contributed by atoms with E-state index < -0.39 is 17.3 Å². The lowest BCUT2D eigenvalue weighted by Gasteiger charge is -2.36. The first-order valence-electron chi connectivity index (χ1n) is 11.1. The number of pyridine rings is 1. The van der Waals surface area contributed by atoms with Gasteiger partial charge in [-0.2, -0.15) is 13.2 Å². The van der Waals surface area contributed by atoms with E-state index in [4.69, 9.17) is 0 Å². The molecular weight excluding hydrogens is 425 g/mol. The van der Waals surface area contributed by atoms with Gasteiger partial charge in [0.1, 0.15) is 5.54 Å². The fourth-order valence-electron chi connectivity index (χ4n) is 3.82. The van der Waals surface area contributed by atoms with Crippen LogP contribution in [0.4, 0.5) is 13.2 Å². The number of nitrogens with zero attached hydrogens (tertiary/aromatic N) is 1. The summed E-state index contributed by atoms with van der Waals surface area (Å²) in [5.41, 5.74) is 0.610. The number of carbonyl (C=O) groups excluding carboxylic acids is 1. The van der Waals surface area contributed by atoms with E-state index in [1.807, 2.05) is 57.2 Å². The molecule has 1 amide bonds. The van der Waals surface area contributed by atoms with E-state index in [0.29, 0.717) is 23.6 Å². The van der Waals surface area contributed by atoms with Gasteiger partial charge in [0.15, 0.2) is 0 Å². The minimum Gasteiger partial charge on any atom is -0.341 e. The second-order valence-corrected chi connectivity index (χ2v) is 8.85. The molecule has 1 atom stereocenters. The van der Waals surface area contributed by atoms with Gasteiger partial charge in [0.05, 0.1) is 11.3 Å². The van der Waals surface area contributed by atoms with Gasteiger partial charge >= 0.3 is 6.18 Å². The van der Waals surface area contributed by atoms with Crippen molar-refractivity contribution in [2.45, 2.75) is 51.7 Å². The fourth-order valence-corrected chi connectivity index (χ4v) is 3.82. The van der Waals surface area contributed by atoms with E-state index in [-0.39, 0.29) is 18.7 Å². The Hall–Kier alpha value is -3.15. The lowest BCUT2D eigenvalue weighted by atomic mass is 9.79. The number of aryl methyl sites for hydroxylation is 1. The van der Waals surface area contributed by atoms with Crippen LogP contribution in [0.3, 0.4) is 0 Å². The zero-order valence-corrected chi connectivity index (χ0v) is 19.1. The van der Waals surface area contributed by atoms with Crippen LogP contribution in [0.2, 0.25) is 0 Å². The highest BCUT2D eigenvalue weighted by Crippen LogP contribution is 2.37. The molecular formula is C27H29F3N2O. The Morgan fingerprint density at radius 3 is 2.27 bits per heavy atom. The van der Waals surface area contributed by atoms with Crippen molar-refractivity contribution in [1.82, 2.24) is 10.3 Å². The standard InChI is InChI=1S/C27H29F3N2O/c1-19(2)12-15-25(33)32-26(17-21-8-5-4-6-9-21,24-14-13-20(3)18-31-24)22-10-7-11-23(16-22)27(28,29)30/h4-11,13-14,16,18-19H,12,15,17H2,1-3H3,(H,32,33). The third kappa shape index (κ3) is 6.21. The van der Waals surface area contributed by atoms with Crippen LogP contribution < -0.4 is 5.32 Å². The number of aromatic nitrogens is 1. The van der Waals surface area contributed by atoms with E-state index in [9.17, 15) is 18.0 Å². The zero-order chi connectivity index (χ0) is 24.1. The normalized spacial score (nSPS) is 13.5. The molecule has 0 bridgehead atoms. The zero-order valence-electron chi connectivity index (χ0n) is 19.1. The van der Waals surface area contributed by atoms with Crippen molar-refractivity contribution < 1.29 is 18.0 Å². The van der Waals surface area contributed by atoms with Crippen LogP contribution in [0.25, 0.3) is 0 Å². The maximum Gasteiger partial charge on any atom is 0.416 e. The summed E-state index contributed by atoms with van der Waals surface area (Å²) in [5, 5.41) is 3.10. The van der Waals surface area contributed by atoms with Gasteiger partial charge in [-0.3, -0.25) is 9.78 Å². The molecule has 0 aliphatic rings. The van der Waals surface area contributed by atoms with E-state index in [1.54, 1.807) is 18.3 Å². The molecule has 1 N–H and O–H groups in total. The Labute approximate surface area is 193 Å². The smallest absolute Gasteiger partial charge is 0.341 e. The summed E-state index contributed by atoms with van der Waals surface area (Å²) in [6.07, 6.45) is -1.62. The van der Waals surface area contributed by atoms with Crippen LogP contribution >= 0.6 is 0 Å².